The zero-order chi connectivity index (χ0) is 13.7. The van der Waals surface area contributed by atoms with Gasteiger partial charge in [0, 0.05) is 16.1 Å². The maximum atomic E-state index is 6.35. The van der Waals surface area contributed by atoms with Crippen LogP contribution < -0.4 is 5.32 Å². The van der Waals surface area contributed by atoms with E-state index in [1.54, 1.807) is 0 Å². The summed E-state index contributed by atoms with van der Waals surface area (Å²) in [6.45, 7) is 3.10. The van der Waals surface area contributed by atoms with E-state index in [-0.39, 0.29) is 0 Å². The Kier molecular flexibility index (Phi) is 6.00. The van der Waals surface area contributed by atoms with Crippen LogP contribution in [0.4, 0.5) is 0 Å². The van der Waals surface area contributed by atoms with Crippen LogP contribution in [-0.4, -0.2) is 6.54 Å². The van der Waals surface area contributed by atoms with E-state index in [9.17, 15) is 0 Å². The molecule has 1 N–H and O–H groups in total. The molecule has 1 nitrogen and oxygen atoms in total. The van der Waals surface area contributed by atoms with Gasteiger partial charge in [0.25, 0.3) is 0 Å². The second-order valence-electron chi connectivity index (χ2n) is 5.52. The van der Waals surface area contributed by atoms with Crippen molar-refractivity contribution in [2.24, 2.45) is 5.92 Å². The highest BCUT2D eigenvalue weighted by molar-refractivity contribution is 6.33. The number of hydrogen-bond acceptors (Lipinski definition) is 1. The lowest BCUT2D eigenvalue weighted by atomic mass is 9.83. The first-order valence-corrected chi connectivity index (χ1v) is 8.14. The van der Waals surface area contributed by atoms with Gasteiger partial charge in [-0.2, -0.15) is 0 Å². The molecule has 0 aliphatic heterocycles. The lowest BCUT2D eigenvalue weighted by Gasteiger charge is -2.28. The number of hydrogen-bond donors (Lipinski definition) is 1. The molecule has 0 aromatic heterocycles. The van der Waals surface area contributed by atoms with Gasteiger partial charge in [-0.1, -0.05) is 62.2 Å². The third-order valence-electron chi connectivity index (χ3n) is 4.08. The van der Waals surface area contributed by atoms with Gasteiger partial charge in [0.05, 0.1) is 0 Å². The topological polar surface area (TPSA) is 12.0 Å². The Morgan fingerprint density at radius 3 is 2.63 bits per heavy atom. The Balaban J connectivity index is 2.11. The van der Waals surface area contributed by atoms with Gasteiger partial charge in [-0.25, -0.2) is 0 Å². The normalized spacial score (nSPS) is 18.5. The minimum Gasteiger partial charge on any atom is -0.310 e. The number of benzene rings is 1. The Morgan fingerprint density at radius 2 is 1.95 bits per heavy atom. The summed E-state index contributed by atoms with van der Waals surface area (Å²) >= 11 is 12.5. The van der Waals surface area contributed by atoms with Crippen molar-refractivity contribution in [3.63, 3.8) is 0 Å². The van der Waals surface area contributed by atoms with Crippen molar-refractivity contribution in [1.29, 1.82) is 0 Å². The van der Waals surface area contributed by atoms with E-state index < -0.39 is 0 Å². The molecule has 3 heteroatoms. The molecule has 1 aliphatic carbocycles. The second kappa shape index (κ2) is 7.52. The lowest BCUT2D eigenvalue weighted by molar-refractivity contribution is 0.301. The average molecular weight is 300 g/mol. The van der Waals surface area contributed by atoms with Crippen molar-refractivity contribution in [2.45, 2.75) is 51.5 Å². The highest BCUT2D eigenvalue weighted by atomic mass is 35.5. The molecular weight excluding hydrogens is 277 g/mol. The molecule has 106 valence electrons. The van der Waals surface area contributed by atoms with E-state index in [0.717, 1.165) is 28.1 Å². The first kappa shape index (κ1) is 15.2. The average Bonchev–Trinajstić information content (AvgIpc) is 2.42. The number of halogens is 2. The minimum atomic E-state index is 0.333. The molecule has 19 heavy (non-hydrogen) atoms. The Morgan fingerprint density at radius 1 is 1.21 bits per heavy atom. The van der Waals surface area contributed by atoms with Gasteiger partial charge in [0.1, 0.15) is 0 Å². The summed E-state index contributed by atoms with van der Waals surface area (Å²) in [6.07, 6.45) is 8.06. The van der Waals surface area contributed by atoms with E-state index in [0.29, 0.717) is 6.04 Å². The summed E-state index contributed by atoms with van der Waals surface area (Å²) in [5.41, 5.74) is 1.15. The number of nitrogens with one attached hydrogen (secondary N) is 1. The smallest absolute Gasteiger partial charge is 0.0454 e. The van der Waals surface area contributed by atoms with Crippen LogP contribution in [0.3, 0.4) is 0 Å². The van der Waals surface area contributed by atoms with Crippen molar-refractivity contribution in [3.05, 3.63) is 33.8 Å². The molecule has 1 unspecified atom stereocenters. The molecule has 1 atom stereocenters. The zero-order valence-electron chi connectivity index (χ0n) is 11.6. The Labute approximate surface area is 126 Å². The molecule has 1 aromatic rings. The zero-order valence-corrected chi connectivity index (χ0v) is 13.1. The van der Waals surface area contributed by atoms with E-state index >= 15 is 0 Å². The van der Waals surface area contributed by atoms with Gasteiger partial charge in [-0.05, 0) is 42.6 Å². The molecule has 1 fully saturated rings. The van der Waals surface area contributed by atoms with E-state index in [1.807, 2.05) is 18.2 Å². The molecule has 0 amide bonds. The fourth-order valence-electron chi connectivity index (χ4n) is 3.10. The van der Waals surface area contributed by atoms with Crippen LogP contribution in [0.15, 0.2) is 18.2 Å². The van der Waals surface area contributed by atoms with E-state index in [4.69, 9.17) is 23.2 Å². The standard InChI is InChI=1S/C16H23Cl2N/c1-2-19-16(10-12-6-4-3-5-7-12)14-11-13(17)8-9-15(14)18/h8-9,11-12,16,19H,2-7,10H2,1H3. The molecule has 0 radical (unpaired) electrons. The summed E-state index contributed by atoms with van der Waals surface area (Å²) in [6, 6.07) is 6.11. The van der Waals surface area contributed by atoms with Crippen LogP contribution in [0, 0.1) is 5.92 Å². The van der Waals surface area contributed by atoms with Crippen LogP contribution in [0.5, 0.6) is 0 Å². The molecule has 0 heterocycles. The largest absolute Gasteiger partial charge is 0.310 e. The predicted molar refractivity (Wildman–Crippen MR) is 84.1 cm³/mol. The highest BCUT2D eigenvalue weighted by Crippen LogP contribution is 2.35. The fraction of sp³-hybridized carbons (Fsp3) is 0.625. The minimum absolute atomic E-state index is 0.333. The highest BCUT2D eigenvalue weighted by Gasteiger charge is 2.21. The Hall–Kier alpha value is -0.240. The molecular formula is C16H23Cl2N. The molecule has 1 saturated carbocycles. The van der Waals surface area contributed by atoms with Crippen molar-refractivity contribution in [2.75, 3.05) is 6.54 Å². The fourth-order valence-corrected chi connectivity index (χ4v) is 3.53. The van der Waals surface area contributed by atoms with Crippen LogP contribution in [0.2, 0.25) is 10.0 Å². The molecule has 1 aliphatic rings. The summed E-state index contributed by atoms with van der Waals surface area (Å²) in [5, 5.41) is 5.17. The number of rotatable bonds is 5. The maximum absolute atomic E-state index is 6.35. The van der Waals surface area contributed by atoms with Gasteiger partial charge >= 0.3 is 0 Å². The summed E-state index contributed by atoms with van der Waals surface area (Å²) < 4.78 is 0. The van der Waals surface area contributed by atoms with Gasteiger partial charge < -0.3 is 5.32 Å². The summed E-state index contributed by atoms with van der Waals surface area (Å²) in [4.78, 5) is 0. The van der Waals surface area contributed by atoms with Gasteiger partial charge in [0.15, 0.2) is 0 Å². The predicted octanol–water partition coefficient (Wildman–Crippen LogP) is 5.61. The van der Waals surface area contributed by atoms with E-state index in [2.05, 4.69) is 12.2 Å². The molecule has 2 rings (SSSR count). The van der Waals surface area contributed by atoms with Gasteiger partial charge in [-0.3, -0.25) is 0 Å². The molecule has 0 spiro atoms. The van der Waals surface area contributed by atoms with Crippen molar-refractivity contribution >= 4 is 23.2 Å². The molecule has 1 aromatic carbocycles. The third kappa shape index (κ3) is 4.37. The monoisotopic (exact) mass is 299 g/mol. The SMILES string of the molecule is CCNC(CC1CCCCC1)c1cc(Cl)ccc1Cl. The van der Waals surface area contributed by atoms with Gasteiger partial charge in [-0.15, -0.1) is 0 Å². The van der Waals surface area contributed by atoms with Crippen molar-refractivity contribution in [1.82, 2.24) is 5.32 Å². The van der Waals surface area contributed by atoms with E-state index in [1.165, 1.54) is 38.5 Å². The molecule has 0 saturated heterocycles. The summed E-state index contributed by atoms with van der Waals surface area (Å²) in [5.74, 6) is 0.827. The molecule has 0 bridgehead atoms. The first-order chi connectivity index (χ1) is 9.20. The quantitative estimate of drug-likeness (QED) is 0.744. The van der Waals surface area contributed by atoms with Crippen LogP contribution in [0.1, 0.15) is 57.1 Å². The van der Waals surface area contributed by atoms with Crippen molar-refractivity contribution in [3.8, 4) is 0 Å². The Bertz CT molecular complexity index is 400. The second-order valence-corrected chi connectivity index (χ2v) is 6.36. The van der Waals surface area contributed by atoms with Crippen molar-refractivity contribution < 1.29 is 0 Å². The lowest BCUT2D eigenvalue weighted by Crippen LogP contribution is -2.24. The van der Waals surface area contributed by atoms with Crippen LogP contribution in [0.25, 0.3) is 0 Å². The maximum Gasteiger partial charge on any atom is 0.0454 e. The van der Waals surface area contributed by atoms with Crippen LogP contribution in [-0.2, 0) is 0 Å². The third-order valence-corrected chi connectivity index (χ3v) is 4.66. The van der Waals surface area contributed by atoms with Crippen LogP contribution >= 0.6 is 23.2 Å². The first-order valence-electron chi connectivity index (χ1n) is 7.39. The summed E-state index contributed by atoms with van der Waals surface area (Å²) in [7, 11) is 0. The van der Waals surface area contributed by atoms with Gasteiger partial charge in [0.2, 0.25) is 0 Å².